The molecule has 0 saturated heterocycles. The van der Waals surface area contributed by atoms with Crippen LogP contribution in [0.5, 0.6) is 0 Å². The van der Waals surface area contributed by atoms with Gasteiger partial charge in [0.25, 0.3) is 5.56 Å². The first-order valence-corrected chi connectivity index (χ1v) is 6.72. The van der Waals surface area contributed by atoms with E-state index < -0.39 is 0 Å². The molecule has 21 heavy (non-hydrogen) atoms. The lowest BCUT2D eigenvalue weighted by atomic mass is 10.2. The molecule has 0 aliphatic carbocycles. The van der Waals surface area contributed by atoms with Crippen LogP contribution in [0.25, 0.3) is 27.6 Å². The lowest BCUT2D eigenvalue weighted by Gasteiger charge is -2.04. The highest BCUT2D eigenvalue weighted by molar-refractivity contribution is 6.31. The second-order valence-electron chi connectivity index (χ2n) is 4.67. The van der Waals surface area contributed by atoms with Gasteiger partial charge in [-0.15, -0.1) is 0 Å². The molecule has 2 aromatic carbocycles. The van der Waals surface area contributed by atoms with Crippen molar-refractivity contribution in [2.24, 2.45) is 0 Å². The number of nitrogens with one attached hydrogen (secondary N) is 1. The van der Waals surface area contributed by atoms with Crippen LogP contribution < -0.4 is 5.56 Å². The molecule has 2 aromatic heterocycles. The normalized spacial score (nSPS) is 11.3. The first kappa shape index (κ1) is 12.1. The summed E-state index contributed by atoms with van der Waals surface area (Å²) in [5.41, 5.74) is 1.28. The molecule has 4 aromatic rings. The molecule has 0 fully saturated rings. The molecule has 0 unspecified atom stereocenters. The SMILES string of the molecule is O=c1c2cc(Cl)ccc2ncn1-c1n[nH]c2ccccc12. The number of H-pyrrole nitrogens is 1. The first-order chi connectivity index (χ1) is 10.2. The van der Waals surface area contributed by atoms with Gasteiger partial charge in [-0.25, -0.2) is 9.55 Å². The summed E-state index contributed by atoms with van der Waals surface area (Å²) >= 11 is 5.97. The molecular weight excluding hydrogens is 288 g/mol. The van der Waals surface area contributed by atoms with Crippen LogP contribution in [0.15, 0.2) is 53.6 Å². The van der Waals surface area contributed by atoms with Crippen LogP contribution >= 0.6 is 11.6 Å². The molecule has 102 valence electrons. The van der Waals surface area contributed by atoms with Gasteiger partial charge in [-0.1, -0.05) is 23.7 Å². The number of aromatic nitrogens is 4. The molecule has 0 atom stereocenters. The third kappa shape index (κ3) is 1.82. The fourth-order valence-corrected chi connectivity index (χ4v) is 2.55. The molecule has 0 saturated carbocycles. The van der Waals surface area contributed by atoms with Crippen molar-refractivity contribution in [2.45, 2.75) is 0 Å². The number of halogens is 1. The van der Waals surface area contributed by atoms with Gasteiger partial charge in [-0.2, -0.15) is 5.10 Å². The monoisotopic (exact) mass is 296 g/mol. The Morgan fingerprint density at radius 3 is 2.86 bits per heavy atom. The fourth-order valence-electron chi connectivity index (χ4n) is 2.38. The molecule has 0 aliphatic heterocycles. The number of para-hydroxylation sites is 1. The number of hydrogen-bond acceptors (Lipinski definition) is 3. The van der Waals surface area contributed by atoms with Gasteiger partial charge in [-0.3, -0.25) is 9.89 Å². The lowest BCUT2D eigenvalue weighted by molar-refractivity contribution is 0.908. The average molecular weight is 297 g/mol. The summed E-state index contributed by atoms with van der Waals surface area (Å²) in [4.78, 5) is 16.9. The lowest BCUT2D eigenvalue weighted by Crippen LogP contribution is -2.19. The van der Waals surface area contributed by atoms with Crippen molar-refractivity contribution in [3.63, 3.8) is 0 Å². The van der Waals surface area contributed by atoms with Crippen LogP contribution in [0.3, 0.4) is 0 Å². The standard InChI is InChI=1S/C15H9ClN4O/c16-9-5-6-12-11(7-9)15(21)20(8-17-12)14-10-3-1-2-4-13(10)18-19-14/h1-8H,(H,18,19). The van der Waals surface area contributed by atoms with Crippen LogP contribution in [0, 0.1) is 0 Å². The molecule has 4 rings (SSSR count). The highest BCUT2D eigenvalue weighted by Gasteiger charge is 2.11. The van der Waals surface area contributed by atoms with Crippen molar-refractivity contribution in [3.05, 3.63) is 64.2 Å². The summed E-state index contributed by atoms with van der Waals surface area (Å²) in [5.74, 6) is 0.532. The van der Waals surface area contributed by atoms with Gasteiger partial charge in [0, 0.05) is 10.4 Å². The predicted molar refractivity (Wildman–Crippen MR) is 82.0 cm³/mol. The number of fused-ring (bicyclic) bond motifs is 2. The van der Waals surface area contributed by atoms with Crippen LogP contribution in [0.2, 0.25) is 5.02 Å². The van der Waals surface area contributed by atoms with Gasteiger partial charge in [0.05, 0.1) is 16.4 Å². The van der Waals surface area contributed by atoms with Crippen molar-refractivity contribution < 1.29 is 0 Å². The second-order valence-corrected chi connectivity index (χ2v) is 5.11. The number of benzene rings is 2. The van der Waals surface area contributed by atoms with E-state index >= 15 is 0 Å². The molecular formula is C15H9ClN4O. The van der Waals surface area contributed by atoms with E-state index in [2.05, 4.69) is 15.2 Å². The van der Waals surface area contributed by atoms with Crippen molar-refractivity contribution in [3.8, 4) is 5.82 Å². The smallest absolute Gasteiger partial charge is 0.267 e. The average Bonchev–Trinajstić information content (AvgIpc) is 2.92. The highest BCUT2D eigenvalue weighted by atomic mass is 35.5. The first-order valence-electron chi connectivity index (χ1n) is 6.34. The summed E-state index contributed by atoms with van der Waals surface area (Å²) in [6.07, 6.45) is 1.49. The minimum Gasteiger partial charge on any atom is -0.276 e. The second kappa shape index (κ2) is 4.43. The quantitative estimate of drug-likeness (QED) is 0.587. The Kier molecular flexibility index (Phi) is 2.55. The van der Waals surface area contributed by atoms with Gasteiger partial charge in [-0.05, 0) is 30.3 Å². The molecule has 2 heterocycles. The topological polar surface area (TPSA) is 63.6 Å². The molecule has 0 aliphatic rings. The third-order valence-electron chi connectivity index (χ3n) is 3.40. The summed E-state index contributed by atoms with van der Waals surface area (Å²) < 4.78 is 1.43. The zero-order chi connectivity index (χ0) is 14.4. The van der Waals surface area contributed by atoms with E-state index in [1.165, 1.54) is 10.9 Å². The predicted octanol–water partition coefficient (Wildman–Crippen LogP) is 2.92. The Labute approximate surface area is 123 Å². The van der Waals surface area contributed by atoms with E-state index in [-0.39, 0.29) is 5.56 Å². The molecule has 0 amide bonds. The number of rotatable bonds is 1. The van der Waals surface area contributed by atoms with Gasteiger partial charge < -0.3 is 0 Å². The zero-order valence-electron chi connectivity index (χ0n) is 10.7. The van der Waals surface area contributed by atoms with Crippen LogP contribution in [0.1, 0.15) is 0 Å². The molecule has 0 bridgehead atoms. The van der Waals surface area contributed by atoms with Crippen LogP contribution in [0.4, 0.5) is 0 Å². The summed E-state index contributed by atoms with van der Waals surface area (Å²) in [6, 6.07) is 12.7. The van der Waals surface area contributed by atoms with Gasteiger partial charge in [0.2, 0.25) is 0 Å². The zero-order valence-corrected chi connectivity index (χ0v) is 11.5. The molecule has 6 heteroatoms. The number of nitrogens with zero attached hydrogens (tertiary/aromatic N) is 3. The summed E-state index contributed by atoms with van der Waals surface area (Å²) in [5, 5.41) is 8.97. The Balaban J connectivity index is 2.07. The Morgan fingerprint density at radius 1 is 1.10 bits per heavy atom. The maximum absolute atomic E-state index is 12.6. The third-order valence-corrected chi connectivity index (χ3v) is 3.63. The van der Waals surface area contributed by atoms with Crippen molar-refractivity contribution in [2.75, 3.05) is 0 Å². The van der Waals surface area contributed by atoms with Crippen molar-refractivity contribution in [1.82, 2.24) is 19.7 Å². The largest absolute Gasteiger partial charge is 0.276 e. The molecule has 5 nitrogen and oxygen atoms in total. The van der Waals surface area contributed by atoms with Crippen molar-refractivity contribution >= 4 is 33.4 Å². The summed E-state index contributed by atoms with van der Waals surface area (Å²) in [6.45, 7) is 0. The van der Waals surface area contributed by atoms with E-state index in [9.17, 15) is 4.79 Å². The maximum atomic E-state index is 12.6. The van der Waals surface area contributed by atoms with E-state index in [1.54, 1.807) is 18.2 Å². The fraction of sp³-hybridized carbons (Fsp3) is 0. The van der Waals surface area contributed by atoms with E-state index in [1.807, 2.05) is 24.3 Å². The van der Waals surface area contributed by atoms with Crippen LogP contribution in [-0.2, 0) is 0 Å². The Hall–Kier alpha value is -2.66. The number of hydrogen-bond donors (Lipinski definition) is 1. The van der Waals surface area contributed by atoms with E-state index in [0.717, 1.165) is 10.9 Å². The highest BCUT2D eigenvalue weighted by Crippen LogP contribution is 2.19. The van der Waals surface area contributed by atoms with Gasteiger partial charge in [0.1, 0.15) is 6.33 Å². The Morgan fingerprint density at radius 2 is 1.95 bits per heavy atom. The molecule has 0 spiro atoms. The van der Waals surface area contributed by atoms with E-state index in [0.29, 0.717) is 21.7 Å². The van der Waals surface area contributed by atoms with Crippen LogP contribution in [-0.4, -0.2) is 19.7 Å². The van der Waals surface area contributed by atoms with Gasteiger partial charge >= 0.3 is 0 Å². The molecule has 1 N–H and O–H groups in total. The minimum absolute atomic E-state index is 0.195. The van der Waals surface area contributed by atoms with Crippen molar-refractivity contribution in [1.29, 1.82) is 0 Å². The molecule has 0 radical (unpaired) electrons. The van der Waals surface area contributed by atoms with E-state index in [4.69, 9.17) is 11.6 Å². The maximum Gasteiger partial charge on any atom is 0.267 e. The Bertz CT molecular complexity index is 1030. The number of aromatic amines is 1. The van der Waals surface area contributed by atoms with Gasteiger partial charge in [0.15, 0.2) is 5.82 Å². The summed E-state index contributed by atoms with van der Waals surface area (Å²) in [7, 11) is 0. The minimum atomic E-state index is -0.195.